The van der Waals surface area contributed by atoms with Crippen LogP contribution in [-0.2, 0) is 5.41 Å². The maximum Gasteiger partial charge on any atom is 0.132 e. The second-order valence-electron chi connectivity index (χ2n) is 8.07. The van der Waals surface area contributed by atoms with E-state index in [0.29, 0.717) is 5.76 Å². The molecule has 1 atom stereocenters. The van der Waals surface area contributed by atoms with Crippen molar-refractivity contribution in [1.29, 1.82) is 0 Å². The summed E-state index contributed by atoms with van der Waals surface area (Å²) in [6.07, 6.45) is 0. The Morgan fingerprint density at radius 1 is 0.742 bits per heavy atom. The van der Waals surface area contributed by atoms with Gasteiger partial charge in [0.15, 0.2) is 0 Å². The molecule has 4 aromatic carbocycles. The zero-order valence-corrected chi connectivity index (χ0v) is 17.8. The topological polar surface area (TPSA) is 18.5 Å². The van der Waals surface area contributed by atoms with Gasteiger partial charge in [0.05, 0.1) is 11.2 Å². The molecule has 152 valence electrons. The number of fused-ring (bicyclic) bond motifs is 2. The van der Waals surface area contributed by atoms with Crippen LogP contribution in [0.4, 0.5) is 0 Å². The van der Waals surface area contributed by atoms with Gasteiger partial charge in [-0.05, 0) is 43.2 Å². The van der Waals surface area contributed by atoms with Gasteiger partial charge in [0.2, 0.25) is 0 Å². The Labute approximate surface area is 183 Å². The minimum Gasteiger partial charge on any atom is -0.462 e. The minimum absolute atomic E-state index is 0.483. The number of para-hydroxylation sites is 2. The summed E-state index contributed by atoms with van der Waals surface area (Å²) < 4.78 is 12.5. The number of allylic oxidation sites excluding steroid dienone is 1. The van der Waals surface area contributed by atoms with Crippen LogP contribution in [0.25, 0.3) is 11.1 Å². The molecule has 0 saturated carbocycles. The Morgan fingerprint density at radius 2 is 1.39 bits per heavy atom. The molecular weight excluding hydrogens is 380 g/mol. The first-order valence-corrected chi connectivity index (χ1v) is 10.5. The Balaban J connectivity index is 1.87. The van der Waals surface area contributed by atoms with Gasteiger partial charge in [0, 0.05) is 16.7 Å². The summed E-state index contributed by atoms with van der Waals surface area (Å²) >= 11 is 0. The van der Waals surface area contributed by atoms with E-state index in [9.17, 15) is 0 Å². The summed E-state index contributed by atoms with van der Waals surface area (Å²) in [5, 5.41) is 0. The zero-order valence-electron chi connectivity index (χ0n) is 17.8. The first-order valence-electron chi connectivity index (χ1n) is 10.5. The van der Waals surface area contributed by atoms with Crippen molar-refractivity contribution in [3.63, 3.8) is 0 Å². The van der Waals surface area contributed by atoms with Gasteiger partial charge in [0.25, 0.3) is 0 Å². The van der Waals surface area contributed by atoms with Gasteiger partial charge in [-0.3, -0.25) is 0 Å². The summed E-state index contributed by atoms with van der Waals surface area (Å²) in [5.74, 6) is 3.21. The second kappa shape index (κ2) is 7.48. The van der Waals surface area contributed by atoms with E-state index in [0.717, 1.165) is 45.1 Å². The lowest BCUT2D eigenvalue weighted by Crippen LogP contribution is -2.30. The molecule has 1 unspecified atom stereocenters. The quantitative estimate of drug-likeness (QED) is 0.324. The molecule has 31 heavy (non-hydrogen) atoms. The molecular formula is C29H24O2. The average Bonchev–Trinajstić information content (AvgIpc) is 2.79. The van der Waals surface area contributed by atoms with E-state index in [-0.39, 0.29) is 0 Å². The van der Waals surface area contributed by atoms with Crippen molar-refractivity contribution < 1.29 is 9.47 Å². The van der Waals surface area contributed by atoms with Crippen molar-refractivity contribution in [3.05, 3.63) is 126 Å². The highest BCUT2D eigenvalue weighted by molar-refractivity contribution is 5.78. The molecule has 2 heteroatoms. The predicted molar refractivity (Wildman–Crippen MR) is 126 cm³/mol. The smallest absolute Gasteiger partial charge is 0.132 e. The summed E-state index contributed by atoms with van der Waals surface area (Å²) in [4.78, 5) is 0. The van der Waals surface area contributed by atoms with E-state index in [1.165, 1.54) is 0 Å². The highest BCUT2D eigenvalue weighted by Gasteiger charge is 2.43. The number of benzene rings is 4. The van der Waals surface area contributed by atoms with Crippen molar-refractivity contribution in [2.75, 3.05) is 0 Å². The fourth-order valence-corrected chi connectivity index (χ4v) is 4.65. The molecule has 0 spiro atoms. The Morgan fingerprint density at radius 3 is 2.16 bits per heavy atom. The summed E-state index contributed by atoms with van der Waals surface area (Å²) in [6.45, 7) is 8.11. The molecule has 0 aromatic heterocycles. The molecule has 0 aliphatic carbocycles. The van der Waals surface area contributed by atoms with Gasteiger partial charge in [-0.2, -0.15) is 0 Å². The number of ether oxygens (including phenoxy) is 2. The molecule has 4 aromatic rings. The minimum atomic E-state index is -0.483. The molecule has 2 nitrogen and oxygen atoms in total. The second-order valence-corrected chi connectivity index (χ2v) is 8.07. The van der Waals surface area contributed by atoms with E-state index < -0.39 is 5.41 Å². The monoisotopic (exact) mass is 404 g/mol. The van der Waals surface area contributed by atoms with Gasteiger partial charge in [0.1, 0.15) is 17.2 Å². The van der Waals surface area contributed by atoms with Crippen LogP contribution in [0.1, 0.15) is 30.5 Å². The third-order valence-corrected chi connectivity index (χ3v) is 5.97. The van der Waals surface area contributed by atoms with Gasteiger partial charge in [-0.15, -0.1) is 0 Å². The van der Waals surface area contributed by atoms with Crippen LogP contribution < -0.4 is 9.47 Å². The zero-order chi connectivity index (χ0) is 21.4. The Kier molecular flexibility index (Phi) is 4.63. The molecule has 1 aliphatic rings. The number of hydrogen-bond acceptors (Lipinski definition) is 2. The first-order chi connectivity index (χ1) is 15.1. The molecule has 5 rings (SSSR count). The third-order valence-electron chi connectivity index (χ3n) is 5.97. The molecule has 0 N–H and O–H groups in total. The fraction of sp³-hybridized carbons (Fsp3) is 0.103. The normalized spacial score (nSPS) is 16.6. The van der Waals surface area contributed by atoms with E-state index in [1.54, 1.807) is 0 Å². The lowest BCUT2D eigenvalue weighted by atomic mass is 9.67. The average molecular weight is 405 g/mol. The lowest BCUT2D eigenvalue weighted by Gasteiger charge is -2.40. The molecule has 0 fully saturated rings. The van der Waals surface area contributed by atoms with Crippen molar-refractivity contribution in [1.82, 2.24) is 0 Å². The van der Waals surface area contributed by atoms with E-state index >= 15 is 0 Å². The highest BCUT2D eigenvalue weighted by atomic mass is 16.5. The maximum absolute atomic E-state index is 6.42. The maximum atomic E-state index is 6.42. The van der Waals surface area contributed by atoms with Crippen molar-refractivity contribution in [2.45, 2.75) is 19.3 Å². The standard InChI is InChI=1S/C29H24O2/c1-20(2)30-25-17-9-7-15-23(25)29(3)24-16-8-10-18-26(24)31-27-19-11-14-22(28(27)29)21-12-5-4-6-13-21/h4-19H,1H2,2-3H3. The van der Waals surface area contributed by atoms with Gasteiger partial charge in [-0.1, -0.05) is 85.4 Å². The molecule has 0 saturated heterocycles. The van der Waals surface area contributed by atoms with E-state index in [2.05, 4.69) is 80.2 Å². The van der Waals surface area contributed by atoms with Crippen LogP contribution in [0.3, 0.4) is 0 Å². The van der Waals surface area contributed by atoms with Gasteiger partial charge < -0.3 is 9.47 Å². The molecule has 0 bridgehead atoms. The first kappa shape index (κ1) is 19.2. The van der Waals surface area contributed by atoms with Crippen LogP contribution in [0.15, 0.2) is 109 Å². The van der Waals surface area contributed by atoms with Crippen molar-refractivity contribution in [3.8, 4) is 28.4 Å². The largest absolute Gasteiger partial charge is 0.462 e. The van der Waals surface area contributed by atoms with Crippen LogP contribution in [-0.4, -0.2) is 0 Å². The predicted octanol–water partition coefficient (Wildman–Crippen LogP) is 7.73. The Hall–Kier alpha value is -3.78. The van der Waals surface area contributed by atoms with Crippen LogP contribution in [0.2, 0.25) is 0 Å². The molecule has 0 amide bonds. The van der Waals surface area contributed by atoms with E-state index in [4.69, 9.17) is 9.47 Å². The van der Waals surface area contributed by atoms with Crippen LogP contribution >= 0.6 is 0 Å². The Bertz CT molecular complexity index is 1270. The van der Waals surface area contributed by atoms with Gasteiger partial charge >= 0.3 is 0 Å². The SMILES string of the molecule is C=C(C)Oc1ccccc1C1(C)c2ccccc2Oc2cccc(-c3ccccc3)c21. The van der Waals surface area contributed by atoms with Crippen molar-refractivity contribution >= 4 is 0 Å². The lowest BCUT2D eigenvalue weighted by molar-refractivity contribution is 0.402. The third kappa shape index (κ3) is 3.12. The number of rotatable bonds is 4. The van der Waals surface area contributed by atoms with E-state index in [1.807, 2.05) is 37.3 Å². The summed E-state index contributed by atoms with van der Waals surface area (Å²) in [6, 6.07) is 33.3. The fourth-order valence-electron chi connectivity index (χ4n) is 4.65. The number of hydrogen-bond donors (Lipinski definition) is 0. The van der Waals surface area contributed by atoms with Crippen LogP contribution in [0.5, 0.6) is 17.2 Å². The summed E-state index contributed by atoms with van der Waals surface area (Å²) in [5.41, 5.74) is 5.16. The van der Waals surface area contributed by atoms with Crippen molar-refractivity contribution in [2.24, 2.45) is 0 Å². The molecule has 0 radical (unpaired) electrons. The molecule has 1 aliphatic heterocycles. The van der Waals surface area contributed by atoms with Gasteiger partial charge in [-0.25, -0.2) is 0 Å². The van der Waals surface area contributed by atoms with Crippen LogP contribution in [0, 0.1) is 0 Å². The molecule has 1 heterocycles. The summed E-state index contributed by atoms with van der Waals surface area (Å²) in [7, 11) is 0. The highest BCUT2D eigenvalue weighted by Crippen LogP contribution is 2.56.